The SMILES string of the molecule is CCOC(=O)CC1CN(S(=O)(=O)c2cc3cc(C(=N)N)ccc3[nH]2)CCN1C(=O)c1nc2c(s1)CN(C)CC2. The van der Waals surface area contributed by atoms with Crippen molar-refractivity contribution in [3.8, 4) is 0 Å². The van der Waals surface area contributed by atoms with Gasteiger partial charge in [-0.3, -0.25) is 15.0 Å². The number of hydrogen-bond donors (Lipinski definition) is 3. The molecule has 0 bridgehead atoms. The highest BCUT2D eigenvalue weighted by Crippen LogP contribution is 2.29. The number of piperazine rings is 1. The minimum Gasteiger partial charge on any atom is -0.466 e. The van der Waals surface area contributed by atoms with Gasteiger partial charge in [0.2, 0.25) is 0 Å². The van der Waals surface area contributed by atoms with E-state index in [4.69, 9.17) is 15.9 Å². The van der Waals surface area contributed by atoms with Crippen molar-refractivity contribution < 1.29 is 22.7 Å². The molecule has 3 aromatic rings. The number of thiazole rings is 1. The first-order valence-corrected chi connectivity index (χ1v) is 14.9. The van der Waals surface area contributed by atoms with Crippen molar-refractivity contribution in [3.05, 3.63) is 45.4 Å². The molecule has 5 rings (SSSR count). The Morgan fingerprint density at radius 1 is 1.26 bits per heavy atom. The molecule has 2 aliphatic rings. The number of fused-ring (bicyclic) bond motifs is 2. The molecule has 0 spiro atoms. The van der Waals surface area contributed by atoms with E-state index in [1.54, 1.807) is 30.0 Å². The summed E-state index contributed by atoms with van der Waals surface area (Å²) in [5.74, 6) is -0.911. The van der Waals surface area contributed by atoms with Crippen molar-refractivity contribution in [2.45, 2.75) is 37.4 Å². The van der Waals surface area contributed by atoms with E-state index in [0.29, 0.717) is 21.5 Å². The van der Waals surface area contributed by atoms with Crippen LogP contribution in [0.25, 0.3) is 10.9 Å². The number of benzene rings is 1. The van der Waals surface area contributed by atoms with E-state index in [-0.39, 0.29) is 49.4 Å². The fourth-order valence-corrected chi connectivity index (χ4v) is 7.62. The topological polar surface area (TPSA) is 166 Å². The lowest BCUT2D eigenvalue weighted by Gasteiger charge is -2.39. The number of aromatic nitrogens is 2. The highest BCUT2D eigenvalue weighted by atomic mass is 32.2. The number of esters is 1. The maximum Gasteiger partial charge on any atom is 0.307 e. The number of ether oxygens (including phenoxy) is 1. The Hall–Kier alpha value is -3.33. The highest BCUT2D eigenvalue weighted by Gasteiger charge is 2.39. The number of nitrogen functional groups attached to an aromatic ring is 1. The van der Waals surface area contributed by atoms with E-state index in [1.807, 2.05) is 7.05 Å². The first-order chi connectivity index (χ1) is 18.6. The predicted octanol–water partition coefficient (Wildman–Crippen LogP) is 1.36. The number of amidine groups is 1. The Bertz CT molecular complexity index is 1550. The fourth-order valence-electron chi connectivity index (χ4n) is 4.99. The van der Waals surface area contributed by atoms with E-state index in [1.165, 1.54) is 21.7 Å². The van der Waals surface area contributed by atoms with Crippen molar-refractivity contribution >= 4 is 50.0 Å². The molecule has 1 saturated heterocycles. The number of sulfonamides is 1. The van der Waals surface area contributed by atoms with Gasteiger partial charge in [-0.15, -0.1) is 11.3 Å². The summed E-state index contributed by atoms with van der Waals surface area (Å²) in [7, 11) is -1.95. The van der Waals surface area contributed by atoms with Gasteiger partial charge in [-0.1, -0.05) is 0 Å². The van der Waals surface area contributed by atoms with Gasteiger partial charge in [0.05, 0.1) is 24.8 Å². The lowest BCUT2D eigenvalue weighted by molar-refractivity contribution is -0.144. The van der Waals surface area contributed by atoms with Crippen LogP contribution in [-0.2, 0) is 32.5 Å². The predicted molar refractivity (Wildman–Crippen MR) is 146 cm³/mol. The van der Waals surface area contributed by atoms with Crippen molar-refractivity contribution in [2.75, 3.05) is 39.8 Å². The summed E-state index contributed by atoms with van der Waals surface area (Å²) < 4.78 is 33.7. The molecule has 208 valence electrons. The van der Waals surface area contributed by atoms with Gasteiger partial charge in [-0.2, -0.15) is 4.31 Å². The maximum atomic E-state index is 13.6. The number of likely N-dealkylation sites (N-methyl/N-ethyl adjacent to an activating group) is 1. The number of nitrogens with two attached hydrogens (primary N) is 1. The lowest BCUT2D eigenvalue weighted by Crippen LogP contribution is -2.57. The zero-order valence-corrected chi connectivity index (χ0v) is 23.4. The first-order valence-electron chi connectivity index (χ1n) is 12.7. The summed E-state index contributed by atoms with van der Waals surface area (Å²) in [4.78, 5) is 38.4. The molecule has 39 heavy (non-hydrogen) atoms. The van der Waals surface area contributed by atoms with E-state index in [2.05, 4.69) is 14.9 Å². The number of hydrogen-bond acceptors (Lipinski definition) is 9. The quantitative estimate of drug-likeness (QED) is 0.217. The van der Waals surface area contributed by atoms with Crippen LogP contribution in [0, 0.1) is 5.41 Å². The fraction of sp³-hybridized carbons (Fsp3) is 0.440. The number of H-pyrrole nitrogens is 1. The average molecular weight is 574 g/mol. The molecular formula is C25H31N7O5S2. The van der Waals surface area contributed by atoms with Crippen LogP contribution in [0.5, 0.6) is 0 Å². The molecule has 2 aliphatic heterocycles. The number of nitrogens with one attached hydrogen (secondary N) is 2. The highest BCUT2D eigenvalue weighted by molar-refractivity contribution is 7.89. The van der Waals surface area contributed by atoms with Crippen molar-refractivity contribution in [2.24, 2.45) is 5.73 Å². The summed E-state index contributed by atoms with van der Waals surface area (Å²) in [6, 6.07) is 5.77. The van der Waals surface area contributed by atoms with Gasteiger partial charge in [-0.05, 0) is 38.2 Å². The van der Waals surface area contributed by atoms with Gasteiger partial charge in [0, 0.05) is 60.5 Å². The van der Waals surface area contributed by atoms with Crippen LogP contribution >= 0.6 is 11.3 Å². The van der Waals surface area contributed by atoms with Crippen LogP contribution in [0.4, 0.5) is 0 Å². The van der Waals surface area contributed by atoms with E-state index >= 15 is 0 Å². The minimum absolute atomic E-state index is 0.00965. The number of rotatable bonds is 7. The monoisotopic (exact) mass is 573 g/mol. The zero-order chi connectivity index (χ0) is 27.9. The molecular weight excluding hydrogens is 542 g/mol. The number of aromatic amines is 1. The van der Waals surface area contributed by atoms with E-state index < -0.39 is 22.0 Å². The molecule has 1 aromatic carbocycles. The standard InChI is InChI=1S/C25H31N7O5S2/c1-3-37-22(33)12-17-13-31(39(35,36)21-11-16-10-15(23(26)27)4-5-18(16)28-21)8-9-32(17)25(34)24-29-19-6-7-30(2)14-20(19)38-24/h4-5,10-11,17,28H,3,6-9,12-14H2,1-2H3,(H3,26,27). The number of carbonyl (C=O) groups excluding carboxylic acids is 2. The number of carbonyl (C=O) groups is 2. The summed E-state index contributed by atoms with van der Waals surface area (Å²) in [5, 5.41) is 8.59. The van der Waals surface area contributed by atoms with Crippen molar-refractivity contribution in [1.29, 1.82) is 5.41 Å². The Morgan fingerprint density at radius 3 is 2.79 bits per heavy atom. The zero-order valence-electron chi connectivity index (χ0n) is 21.8. The third-order valence-electron chi connectivity index (χ3n) is 7.04. The van der Waals surface area contributed by atoms with Crippen molar-refractivity contribution in [1.82, 2.24) is 24.1 Å². The first kappa shape index (κ1) is 27.2. The summed E-state index contributed by atoms with van der Waals surface area (Å²) in [6.45, 7) is 3.60. The molecule has 0 radical (unpaired) electrons. The van der Waals surface area contributed by atoms with Gasteiger partial charge in [0.25, 0.3) is 15.9 Å². The van der Waals surface area contributed by atoms with Crippen LogP contribution < -0.4 is 5.73 Å². The van der Waals surface area contributed by atoms with Crippen molar-refractivity contribution in [3.63, 3.8) is 0 Å². The van der Waals surface area contributed by atoms with Gasteiger partial charge < -0.3 is 25.3 Å². The molecule has 14 heteroatoms. The maximum absolute atomic E-state index is 13.6. The van der Waals surface area contributed by atoms with Crippen LogP contribution in [0.15, 0.2) is 29.3 Å². The number of amides is 1. The van der Waals surface area contributed by atoms with E-state index in [9.17, 15) is 18.0 Å². The molecule has 0 saturated carbocycles. The molecule has 12 nitrogen and oxygen atoms in total. The lowest BCUT2D eigenvalue weighted by atomic mass is 10.1. The molecule has 2 aromatic heterocycles. The molecule has 1 amide bonds. The summed E-state index contributed by atoms with van der Waals surface area (Å²) in [5.41, 5.74) is 7.58. The van der Waals surface area contributed by atoms with Crippen LogP contribution in [0.3, 0.4) is 0 Å². The Morgan fingerprint density at radius 2 is 2.05 bits per heavy atom. The van der Waals surface area contributed by atoms with Gasteiger partial charge in [0.15, 0.2) is 5.01 Å². The minimum atomic E-state index is -3.98. The van der Waals surface area contributed by atoms with Gasteiger partial charge >= 0.3 is 5.97 Å². The molecule has 4 heterocycles. The molecule has 1 atom stereocenters. The van der Waals surface area contributed by atoms with E-state index in [0.717, 1.165) is 30.1 Å². The van der Waals surface area contributed by atoms with Crippen LogP contribution in [0.1, 0.15) is 39.3 Å². The molecule has 1 fully saturated rings. The van der Waals surface area contributed by atoms with Crippen LogP contribution in [0.2, 0.25) is 0 Å². The largest absolute Gasteiger partial charge is 0.466 e. The van der Waals surface area contributed by atoms with Gasteiger partial charge in [-0.25, -0.2) is 13.4 Å². The van der Waals surface area contributed by atoms with Crippen LogP contribution in [-0.4, -0.2) is 96.1 Å². The smallest absolute Gasteiger partial charge is 0.307 e. The Balaban J connectivity index is 1.40. The second-order valence-electron chi connectivity index (χ2n) is 9.75. The Kier molecular flexibility index (Phi) is 7.46. The second kappa shape index (κ2) is 10.7. The average Bonchev–Trinajstić information content (AvgIpc) is 3.52. The summed E-state index contributed by atoms with van der Waals surface area (Å²) in [6.07, 6.45) is 0.639. The second-order valence-corrected chi connectivity index (χ2v) is 12.7. The third kappa shape index (κ3) is 5.41. The molecule has 1 unspecified atom stereocenters. The number of nitrogens with zero attached hydrogens (tertiary/aromatic N) is 4. The molecule has 4 N–H and O–H groups in total. The molecule has 0 aliphatic carbocycles. The third-order valence-corrected chi connectivity index (χ3v) is 9.90. The normalized spacial score (nSPS) is 18.7. The summed E-state index contributed by atoms with van der Waals surface area (Å²) >= 11 is 1.36. The van der Waals surface area contributed by atoms with Gasteiger partial charge in [0.1, 0.15) is 10.9 Å². The Labute approximate surface area is 230 Å².